The van der Waals surface area contributed by atoms with E-state index in [1.165, 1.54) is 18.2 Å². The number of carboxylic acid groups (broad SMARTS) is 1. The number of carbonyl (C=O) groups excluding carboxylic acids is 1. The summed E-state index contributed by atoms with van der Waals surface area (Å²) in [6.45, 7) is 0.147. The first kappa shape index (κ1) is 19.4. The van der Waals surface area contributed by atoms with Crippen molar-refractivity contribution in [2.45, 2.75) is 25.4 Å². The van der Waals surface area contributed by atoms with Crippen LogP contribution in [0.3, 0.4) is 0 Å². The lowest BCUT2D eigenvalue weighted by molar-refractivity contribution is -0.143. The van der Waals surface area contributed by atoms with E-state index in [2.05, 4.69) is 10.6 Å². The van der Waals surface area contributed by atoms with Crippen LogP contribution in [0.25, 0.3) is 0 Å². The molecule has 0 bridgehead atoms. The van der Waals surface area contributed by atoms with Crippen molar-refractivity contribution >= 4 is 12.0 Å². The Morgan fingerprint density at radius 3 is 2.46 bits per heavy atom. The third kappa shape index (κ3) is 6.15. The molecule has 2 aromatic rings. The Bertz CT molecular complexity index is 742. The number of benzene rings is 2. The van der Waals surface area contributed by atoms with E-state index in [1.807, 2.05) is 18.2 Å². The summed E-state index contributed by atoms with van der Waals surface area (Å²) < 4.78 is 18.6. The molecule has 0 aliphatic rings. The van der Waals surface area contributed by atoms with Gasteiger partial charge in [-0.25, -0.2) is 9.18 Å². The van der Waals surface area contributed by atoms with Gasteiger partial charge in [-0.3, -0.25) is 4.79 Å². The first-order chi connectivity index (χ1) is 12.5. The number of amides is 2. The molecule has 138 valence electrons. The SMILES string of the molecule is NC(C(=O)O)C(NC(=O)NCc1cccc(F)c1)OCc1ccccc1. The summed E-state index contributed by atoms with van der Waals surface area (Å²) >= 11 is 0. The third-order valence-corrected chi connectivity index (χ3v) is 3.50. The minimum atomic E-state index is -1.45. The molecule has 2 unspecified atom stereocenters. The van der Waals surface area contributed by atoms with Crippen LogP contribution in [0.15, 0.2) is 54.6 Å². The van der Waals surface area contributed by atoms with E-state index in [0.29, 0.717) is 5.56 Å². The predicted molar refractivity (Wildman–Crippen MR) is 92.4 cm³/mol. The van der Waals surface area contributed by atoms with E-state index in [0.717, 1.165) is 5.56 Å². The number of ether oxygens (including phenoxy) is 1. The Morgan fingerprint density at radius 2 is 1.81 bits per heavy atom. The van der Waals surface area contributed by atoms with E-state index in [-0.39, 0.29) is 13.2 Å². The van der Waals surface area contributed by atoms with Gasteiger partial charge < -0.3 is 26.2 Å². The second-order valence-corrected chi connectivity index (χ2v) is 5.54. The van der Waals surface area contributed by atoms with Crippen LogP contribution in [0.5, 0.6) is 0 Å². The van der Waals surface area contributed by atoms with Gasteiger partial charge in [0, 0.05) is 6.54 Å². The van der Waals surface area contributed by atoms with Crippen LogP contribution in [0.4, 0.5) is 9.18 Å². The van der Waals surface area contributed by atoms with Crippen LogP contribution in [0.2, 0.25) is 0 Å². The Morgan fingerprint density at radius 1 is 1.12 bits per heavy atom. The van der Waals surface area contributed by atoms with E-state index in [4.69, 9.17) is 15.6 Å². The molecule has 7 nitrogen and oxygen atoms in total. The highest BCUT2D eigenvalue weighted by atomic mass is 19.1. The summed E-state index contributed by atoms with van der Waals surface area (Å²) in [4.78, 5) is 23.1. The average molecular weight is 361 g/mol. The highest BCUT2D eigenvalue weighted by Gasteiger charge is 2.26. The molecule has 0 saturated heterocycles. The minimum Gasteiger partial charge on any atom is -0.480 e. The van der Waals surface area contributed by atoms with Crippen molar-refractivity contribution in [3.05, 3.63) is 71.5 Å². The average Bonchev–Trinajstić information content (AvgIpc) is 2.63. The number of hydrogen-bond acceptors (Lipinski definition) is 4. The van der Waals surface area contributed by atoms with Crippen molar-refractivity contribution < 1.29 is 23.8 Å². The van der Waals surface area contributed by atoms with Crippen LogP contribution in [0.1, 0.15) is 11.1 Å². The van der Waals surface area contributed by atoms with Crippen molar-refractivity contribution in [1.29, 1.82) is 0 Å². The van der Waals surface area contributed by atoms with Gasteiger partial charge in [-0.1, -0.05) is 42.5 Å². The van der Waals surface area contributed by atoms with Gasteiger partial charge >= 0.3 is 12.0 Å². The molecule has 0 aliphatic heterocycles. The Hall–Kier alpha value is -2.97. The summed E-state index contributed by atoms with van der Waals surface area (Å²) in [6.07, 6.45) is -1.24. The molecule has 0 radical (unpaired) electrons. The number of urea groups is 1. The molecule has 8 heteroatoms. The van der Waals surface area contributed by atoms with E-state index < -0.39 is 30.1 Å². The molecule has 0 spiro atoms. The number of aliphatic carboxylic acids is 1. The van der Waals surface area contributed by atoms with E-state index in [9.17, 15) is 14.0 Å². The third-order valence-electron chi connectivity index (χ3n) is 3.50. The Balaban J connectivity index is 1.92. The summed E-state index contributed by atoms with van der Waals surface area (Å²) in [5, 5.41) is 14.0. The van der Waals surface area contributed by atoms with Crippen molar-refractivity contribution in [3.8, 4) is 0 Å². The number of halogens is 1. The second kappa shape index (κ2) is 9.50. The topological polar surface area (TPSA) is 114 Å². The summed E-state index contributed by atoms with van der Waals surface area (Å²) in [5.41, 5.74) is 6.95. The van der Waals surface area contributed by atoms with Crippen molar-refractivity contribution in [2.75, 3.05) is 0 Å². The lowest BCUT2D eigenvalue weighted by atomic mass is 10.2. The monoisotopic (exact) mass is 361 g/mol. The van der Waals surface area contributed by atoms with Crippen molar-refractivity contribution in [2.24, 2.45) is 5.73 Å². The Labute approximate surface area is 150 Å². The van der Waals surface area contributed by atoms with Crippen LogP contribution >= 0.6 is 0 Å². The second-order valence-electron chi connectivity index (χ2n) is 5.54. The largest absolute Gasteiger partial charge is 0.480 e. The molecular weight excluding hydrogens is 341 g/mol. The highest BCUT2D eigenvalue weighted by Crippen LogP contribution is 2.05. The van der Waals surface area contributed by atoms with Crippen LogP contribution < -0.4 is 16.4 Å². The Kier molecular flexibility index (Phi) is 7.07. The molecule has 2 rings (SSSR count). The number of nitrogens with two attached hydrogens (primary N) is 1. The molecular formula is C18H20FN3O4. The standard InChI is InChI=1S/C18H20FN3O4/c19-14-8-4-7-13(9-14)10-21-18(25)22-16(15(20)17(23)24)26-11-12-5-2-1-3-6-12/h1-9,15-16H,10-11,20H2,(H,23,24)(H2,21,22,25). The first-order valence-corrected chi connectivity index (χ1v) is 7.88. The molecule has 26 heavy (non-hydrogen) atoms. The van der Waals surface area contributed by atoms with Crippen LogP contribution in [-0.2, 0) is 22.7 Å². The zero-order valence-electron chi connectivity index (χ0n) is 13.9. The summed E-state index contributed by atoms with van der Waals surface area (Å²) in [6, 6.07) is 12.7. The number of carboxylic acids is 1. The smallest absolute Gasteiger partial charge is 0.325 e. The lowest BCUT2D eigenvalue weighted by Gasteiger charge is -2.23. The van der Waals surface area contributed by atoms with Gasteiger partial charge in [0.15, 0.2) is 6.23 Å². The fourth-order valence-electron chi connectivity index (χ4n) is 2.13. The van der Waals surface area contributed by atoms with Gasteiger partial charge in [0.25, 0.3) is 0 Å². The maximum atomic E-state index is 13.1. The fraction of sp³-hybridized carbons (Fsp3) is 0.222. The van der Waals surface area contributed by atoms with E-state index >= 15 is 0 Å². The normalized spacial score (nSPS) is 12.8. The highest BCUT2D eigenvalue weighted by molar-refractivity contribution is 5.77. The zero-order valence-corrected chi connectivity index (χ0v) is 13.9. The molecule has 2 amide bonds. The lowest BCUT2D eigenvalue weighted by Crippen LogP contribution is -2.55. The summed E-state index contributed by atoms with van der Waals surface area (Å²) in [5.74, 6) is -1.73. The predicted octanol–water partition coefficient (Wildman–Crippen LogP) is 1.58. The van der Waals surface area contributed by atoms with Gasteiger partial charge in [0.05, 0.1) is 6.61 Å². The number of rotatable bonds is 8. The van der Waals surface area contributed by atoms with Crippen LogP contribution in [-0.4, -0.2) is 29.4 Å². The zero-order chi connectivity index (χ0) is 18.9. The molecule has 5 N–H and O–H groups in total. The fourth-order valence-corrected chi connectivity index (χ4v) is 2.13. The molecule has 0 aromatic heterocycles. The molecule has 0 fully saturated rings. The molecule has 2 aromatic carbocycles. The van der Waals surface area contributed by atoms with Gasteiger partial charge in [0.2, 0.25) is 0 Å². The molecule has 0 saturated carbocycles. The maximum absolute atomic E-state index is 13.1. The first-order valence-electron chi connectivity index (χ1n) is 7.88. The van der Waals surface area contributed by atoms with Gasteiger partial charge in [-0.15, -0.1) is 0 Å². The van der Waals surface area contributed by atoms with Crippen LogP contribution in [0, 0.1) is 5.82 Å². The number of carbonyl (C=O) groups is 2. The molecule has 0 aliphatic carbocycles. The number of hydrogen-bond donors (Lipinski definition) is 4. The van der Waals surface area contributed by atoms with E-state index in [1.54, 1.807) is 18.2 Å². The quantitative estimate of drug-likeness (QED) is 0.533. The maximum Gasteiger partial charge on any atom is 0.325 e. The van der Waals surface area contributed by atoms with Crippen molar-refractivity contribution in [3.63, 3.8) is 0 Å². The van der Waals surface area contributed by atoms with Gasteiger partial charge in [0.1, 0.15) is 11.9 Å². The molecule has 2 atom stereocenters. The number of nitrogens with one attached hydrogen (secondary N) is 2. The molecule has 0 heterocycles. The van der Waals surface area contributed by atoms with Gasteiger partial charge in [-0.2, -0.15) is 0 Å². The van der Waals surface area contributed by atoms with Gasteiger partial charge in [-0.05, 0) is 23.3 Å². The summed E-state index contributed by atoms with van der Waals surface area (Å²) in [7, 11) is 0. The minimum absolute atomic E-state index is 0.0668. The van der Waals surface area contributed by atoms with Crippen molar-refractivity contribution in [1.82, 2.24) is 10.6 Å².